The molecule has 0 aromatic heterocycles. The minimum absolute atomic E-state index is 0.148. The minimum atomic E-state index is -0.640. The molecular weight excluding hydrogens is 504 g/mol. The number of carbonyl (C=O) groups excluding carboxylic acids is 2. The smallest absolute Gasteiger partial charge is 0.331 e. The summed E-state index contributed by atoms with van der Waals surface area (Å²) in [5.41, 5.74) is 0.265. The van der Waals surface area contributed by atoms with Crippen LogP contribution < -0.4 is 5.32 Å². The normalized spacial score (nSPS) is 18.0. The molecule has 1 aliphatic rings. The number of methoxy groups -OCH3 is 1. The zero-order chi connectivity index (χ0) is 17.0. The third kappa shape index (κ3) is 4.85. The van der Waals surface area contributed by atoms with Gasteiger partial charge in [0, 0.05) is 19.7 Å². The molecule has 0 saturated carbocycles. The number of amidine groups is 1. The van der Waals surface area contributed by atoms with Gasteiger partial charge in [0.2, 0.25) is 0 Å². The molecule has 1 fully saturated rings. The lowest BCUT2D eigenvalue weighted by atomic mass is 10.2. The Bertz CT molecular complexity index is 767. The van der Waals surface area contributed by atoms with Crippen LogP contribution in [0.2, 0.25) is 0 Å². The van der Waals surface area contributed by atoms with Crippen molar-refractivity contribution in [1.82, 2.24) is 5.32 Å². The van der Waals surface area contributed by atoms with E-state index < -0.39 is 17.7 Å². The quantitative estimate of drug-likeness (QED) is 0.169. The summed E-state index contributed by atoms with van der Waals surface area (Å²) in [6, 6.07) is 2.94. The van der Waals surface area contributed by atoms with Gasteiger partial charge in [-0.1, -0.05) is 0 Å². The molecule has 0 unspecified atom stereocenters. The van der Waals surface area contributed by atoms with E-state index in [9.17, 15) is 14.0 Å². The molecule has 10 heteroatoms. The molecular formula is C13H8BrFIN3O3S. The fourth-order valence-corrected chi connectivity index (χ4v) is 2.97. The van der Waals surface area contributed by atoms with Crippen LogP contribution in [0.3, 0.4) is 0 Å². The van der Waals surface area contributed by atoms with Gasteiger partial charge < -0.3 is 4.74 Å². The molecule has 6 nitrogen and oxygen atoms in total. The van der Waals surface area contributed by atoms with E-state index in [4.69, 9.17) is 0 Å². The van der Waals surface area contributed by atoms with Gasteiger partial charge in [0.15, 0.2) is 5.17 Å². The van der Waals surface area contributed by atoms with Crippen LogP contribution in [0.1, 0.15) is 5.56 Å². The lowest BCUT2D eigenvalue weighted by molar-refractivity contribution is -0.135. The highest BCUT2D eigenvalue weighted by Gasteiger charge is 2.25. The molecule has 1 saturated heterocycles. The number of ether oxygens (including phenoxy) is 1. The highest BCUT2D eigenvalue weighted by Crippen LogP contribution is 2.24. The van der Waals surface area contributed by atoms with Crippen molar-refractivity contribution in [2.75, 3.05) is 7.11 Å². The van der Waals surface area contributed by atoms with Crippen molar-refractivity contribution in [3.8, 4) is 0 Å². The van der Waals surface area contributed by atoms with Gasteiger partial charge in [-0.2, -0.15) is 5.10 Å². The third-order valence-electron chi connectivity index (χ3n) is 2.49. The molecule has 1 N–H and O–H groups in total. The van der Waals surface area contributed by atoms with Gasteiger partial charge in [-0.3, -0.25) is 10.1 Å². The van der Waals surface area contributed by atoms with Crippen LogP contribution in [0.15, 0.2) is 37.8 Å². The van der Waals surface area contributed by atoms with Gasteiger partial charge in [0.25, 0.3) is 5.91 Å². The number of hydrogen-bond acceptors (Lipinski definition) is 6. The van der Waals surface area contributed by atoms with Gasteiger partial charge in [-0.05, 0) is 62.4 Å². The lowest BCUT2D eigenvalue weighted by Crippen LogP contribution is -2.19. The van der Waals surface area contributed by atoms with E-state index in [1.54, 1.807) is 6.07 Å². The number of benzene rings is 1. The number of hydrogen-bond donors (Lipinski definition) is 1. The lowest BCUT2D eigenvalue weighted by Gasteiger charge is -1.99. The van der Waals surface area contributed by atoms with Crippen LogP contribution in [0, 0.1) is 9.39 Å². The number of thioether (sulfide) groups is 1. The molecule has 120 valence electrons. The number of rotatable bonds is 3. The van der Waals surface area contributed by atoms with E-state index in [2.05, 4.69) is 58.8 Å². The molecule has 1 aromatic rings. The highest BCUT2D eigenvalue weighted by atomic mass is 127. The molecule has 0 atom stereocenters. The van der Waals surface area contributed by atoms with Gasteiger partial charge >= 0.3 is 5.97 Å². The van der Waals surface area contributed by atoms with E-state index in [1.165, 1.54) is 19.4 Å². The first kappa shape index (κ1) is 18.1. The first-order valence-electron chi connectivity index (χ1n) is 5.95. The Morgan fingerprint density at radius 3 is 2.96 bits per heavy atom. The van der Waals surface area contributed by atoms with Crippen molar-refractivity contribution in [2.24, 2.45) is 10.2 Å². The Morgan fingerprint density at radius 1 is 1.52 bits per heavy atom. The Kier molecular flexibility index (Phi) is 6.30. The summed E-state index contributed by atoms with van der Waals surface area (Å²) in [7, 11) is 1.21. The Balaban J connectivity index is 2.13. The first-order chi connectivity index (χ1) is 10.9. The largest absolute Gasteiger partial charge is 0.466 e. The van der Waals surface area contributed by atoms with Crippen LogP contribution in [0.25, 0.3) is 0 Å². The fourth-order valence-electron chi connectivity index (χ4n) is 1.42. The number of amides is 1. The molecule has 0 spiro atoms. The zero-order valence-electron chi connectivity index (χ0n) is 11.5. The molecule has 1 heterocycles. The van der Waals surface area contributed by atoms with Crippen molar-refractivity contribution in [3.63, 3.8) is 0 Å². The number of nitrogens with zero attached hydrogens (tertiary/aromatic N) is 2. The van der Waals surface area contributed by atoms with E-state index in [-0.39, 0.29) is 15.6 Å². The SMILES string of the molecule is COC(=O)/C=C1/S/C(=N\N=Cc2cc(I)c(Br)cc2F)NC1=O. The topological polar surface area (TPSA) is 80.1 Å². The molecule has 0 aliphatic carbocycles. The second-order valence-electron chi connectivity index (χ2n) is 4.03. The van der Waals surface area contributed by atoms with Crippen molar-refractivity contribution in [2.45, 2.75) is 0 Å². The molecule has 23 heavy (non-hydrogen) atoms. The maximum Gasteiger partial charge on any atom is 0.331 e. The summed E-state index contributed by atoms with van der Waals surface area (Å²) in [6.07, 6.45) is 2.30. The van der Waals surface area contributed by atoms with E-state index in [0.717, 1.165) is 21.4 Å². The molecule has 1 amide bonds. The monoisotopic (exact) mass is 511 g/mol. The van der Waals surface area contributed by atoms with Crippen molar-refractivity contribution < 1.29 is 18.7 Å². The van der Waals surface area contributed by atoms with Gasteiger partial charge in [-0.15, -0.1) is 5.10 Å². The molecule has 1 aliphatic heterocycles. The summed E-state index contributed by atoms with van der Waals surface area (Å²) in [5, 5.41) is 10.2. The van der Waals surface area contributed by atoms with Gasteiger partial charge in [0.1, 0.15) is 5.82 Å². The van der Waals surface area contributed by atoms with Crippen LogP contribution in [0.5, 0.6) is 0 Å². The Morgan fingerprint density at radius 2 is 2.26 bits per heavy atom. The number of halogens is 3. The number of carbonyl (C=O) groups is 2. The number of nitrogens with one attached hydrogen (secondary N) is 1. The second-order valence-corrected chi connectivity index (χ2v) is 7.07. The van der Waals surface area contributed by atoms with Gasteiger partial charge in [-0.25, -0.2) is 9.18 Å². The summed E-state index contributed by atoms with van der Waals surface area (Å²) in [6.45, 7) is 0. The predicted molar refractivity (Wildman–Crippen MR) is 97.7 cm³/mol. The summed E-state index contributed by atoms with van der Waals surface area (Å²) in [5.74, 6) is -1.56. The second kappa shape index (κ2) is 8.02. The van der Waals surface area contributed by atoms with Crippen LogP contribution >= 0.6 is 50.3 Å². The molecule has 0 bridgehead atoms. The predicted octanol–water partition coefficient (Wildman–Crippen LogP) is 2.80. The zero-order valence-corrected chi connectivity index (χ0v) is 16.0. The Hall–Kier alpha value is -1.27. The summed E-state index contributed by atoms with van der Waals surface area (Å²) in [4.78, 5) is 22.9. The van der Waals surface area contributed by atoms with Crippen molar-refractivity contribution >= 4 is 73.5 Å². The molecule has 1 aromatic carbocycles. The highest BCUT2D eigenvalue weighted by molar-refractivity contribution is 14.1. The van der Waals surface area contributed by atoms with E-state index >= 15 is 0 Å². The third-order valence-corrected chi connectivity index (χ3v) is 5.68. The number of esters is 1. The van der Waals surface area contributed by atoms with E-state index in [0.29, 0.717) is 4.47 Å². The van der Waals surface area contributed by atoms with Crippen LogP contribution in [0.4, 0.5) is 4.39 Å². The van der Waals surface area contributed by atoms with Crippen molar-refractivity contribution in [1.29, 1.82) is 0 Å². The van der Waals surface area contributed by atoms with Crippen molar-refractivity contribution in [3.05, 3.63) is 42.5 Å². The van der Waals surface area contributed by atoms with E-state index in [1.807, 2.05) is 0 Å². The fraction of sp³-hybridized carbons (Fsp3) is 0.0769. The molecule has 0 radical (unpaired) electrons. The first-order valence-corrected chi connectivity index (χ1v) is 8.64. The van der Waals surface area contributed by atoms with Crippen LogP contribution in [-0.4, -0.2) is 30.4 Å². The maximum absolute atomic E-state index is 13.7. The standard InChI is InChI=1S/C13H8BrFIN3O3S/c1-22-11(20)4-10-12(21)18-13(23-10)19-17-5-6-2-9(16)7(14)3-8(6)15/h2-5H,1H3,(H,18,19,21)/b10-4+,17-5?. The summed E-state index contributed by atoms with van der Waals surface area (Å²) >= 11 is 6.22. The minimum Gasteiger partial charge on any atom is -0.466 e. The average molecular weight is 512 g/mol. The van der Waals surface area contributed by atoms with Crippen LogP contribution in [-0.2, 0) is 14.3 Å². The average Bonchev–Trinajstić information content (AvgIpc) is 2.84. The molecule has 2 rings (SSSR count). The van der Waals surface area contributed by atoms with Gasteiger partial charge in [0.05, 0.1) is 18.2 Å². The maximum atomic E-state index is 13.7. The summed E-state index contributed by atoms with van der Waals surface area (Å²) < 4.78 is 19.6. The Labute approximate surface area is 156 Å².